The van der Waals surface area contributed by atoms with Crippen molar-refractivity contribution in [2.45, 2.75) is 34.6 Å². The van der Waals surface area contributed by atoms with Crippen molar-refractivity contribution in [1.82, 2.24) is 6.15 Å². The summed E-state index contributed by atoms with van der Waals surface area (Å²) in [5, 5.41) is 8.92. The number of para-hydroxylation sites is 1. The summed E-state index contributed by atoms with van der Waals surface area (Å²) in [6.07, 6.45) is 0. The molecule has 2 nitrogen and oxygen atoms in total. The lowest BCUT2D eigenvalue weighted by Gasteiger charge is -1.92. The molecule has 0 heterocycles. The summed E-state index contributed by atoms with van der Waals surface area (Å²) in [5.74, 6) is 0.368. The lowest BCUT2D eigenvalue weighted by Crippen LogP contribution is -1.68. The third kappa shape index (κ3) is 8.89. The predicted octanol–water partition coefficient (Wildman–Crippen LogP) is 3.92. The van der Waals surface area contributed by atoms with Gasteiger partial charge in [0, 0.05) is 0 Å². The number of rotatable bonds is 0. The molecule has 0 atom stereocenters. The molecule has 13 heavy (non-hydrogen) atoms. The maximum Gasteiger partial charge on any atom is 0.118 e. The molecular formula is C11H23NO. The van der Waals surface area contributed by atoms with Gasteiger partial charge in [-0.25, -0.2) is 0 Å². The summed E-state index contributed by atoms with van der Waals surface area (Å²) in [6.45, 7) is 9.87. The number of phenols is 1. The van der Waals surface area contributed by atoms with Crippen molar-refractivity contribution < 1.29 is 5.11 Å². The smallest absolute Gasteiger partial charge is 0.118 e. The highest BCUT2D eigenvalue weighted by Gasteiger charge is 1.86. The summed E-state index contributed by atoms with van der Waals surface area (Å²) in [7, 11) is 0. The van der Waals surface area contributed by atoms with E-state index in [0.29, 0.717) is 5.75 Å². The average Bonchev–Trinajstić information content (AvgIpc) is 2.17. The Bertz CT molecular complexity index is 166. The van der Waals surface area contributed by atoms with Crippen LogP contribution in [0.5, 0.6) is 5.75 Å². The minimum Gasteiger partial charge on any atom is -0.508 e. The second-order valence-corrected chi connectivity index (χ2v) is 1.79. The van der Waals surface area contributed by atoms with Crippen LogP contribution in [0, 0.1) is 6.92 Å². The van der Waals surface area contributed by atoms with Gasteiger partial charge in [0.25, 0.3) is 0 Å². The van der Waals surface area contributed by atoms with Gasteiger partial charge in [-0.15, -0.1) is 0 Å². The van der Waals surface area contributed by atoms with E-state index >= 15 is 0 Å². The Morgan fingerprint density at radius 2 is 1.31 bits per heavy atom. The molecule has 2 heteroatoms. The van der Waals surface area contributed by atoms with Gasteiger partial charge >= 0.3 is 0 Å². The Balaban J connectivity index is -0.000000178. The third-order valence-corrected chi connectivity index (χ3v) is 1.12. The van der Waals surface area contributed by atoms with Gasteiger partial charge < -0.3 is 11.3 Å². The van der Waals surface area contributed by atoms with Crippen LogP contribution in [0.25, 0.3) is 0 Å². The van der Waals surface area contributed by atoms with Crippen molar-refractivity contribution in [1.29, 1.82) is 0 Å². The second-order valence-electron chi connectivity index (χ2n) is 1.79. The van der Waals surface area contributed by atoms with E-state index in [9.17, 15) is 0 Å². The van der Waals surface area contributed by atoms with Crippen LogP contribution in [0.2, 0.25) is 0 Å². The molecule has 0 saturated carbocycles. The second kappa shape index (κ2) is 13.6. The lowest BCUT2D eigenvalue weighted by atomic mass is 10.2. The summed E-state index contributed by atoms with van der Waals surface area (Å²) in [4.78, 5) is 0. The molecule has 0 aliphatic heterocycles. The van der Waals surface area contributed by atoms with E-state index < -0.39 is 0 Å². The summed E-state index contributed by atoms with van der Waals surface area (Å²) < 4.78 is 0. The maximum absolute atomic E-state index is 8.92. The molecule has 1 rings (SSSR count). The summed E-state index contributed by atoms with van der Waals surface area (Å²) in [5.41, 5.74) is 0.924. The van der Waals surface area contributed by atoms with Gasteiger partial charge in [0.05, 0.1) is 0 Å². The van der Waals surface area contributed by atoms with Crippen LogP contribution in [0.4, 0.5) is 0 Å². The predicted molar refractivity (Wildman–Crippen MR) is 60.6 cm³/mol. The first-order valence-electron chi connectivity index (χ1n) is 4.55. The van der Waals surface area contributed by atoms with Crippen LogP contribution in [0.1, 0.15) is 33.3 Å². The van der Waals surface area contributed by atoms with Crippen molar-refractivity contribution >= 4 is 0 Å². The maximum atomic E-state index is 8.92. The van der Waals surface area contributed by atoms with Gasteiger partial charge in [0.15, 0.2) is 0 Å². The Morgan fingerprint density at radius 3 is 1.54 bits per heavy atom. The zero-order valence-corrected chi connectivity index (χ0v) is 9.46. The molecule has 0 aromatic heterocycles. The zero-order valence-electron chi connectivity index (χ0n) is 9.46. The first-order chi connectivity index (χ1) is 5.80. The Morgan fingerprint density at radius 1 is 0.923 bits per heavy atom. The molecule has 0 aliphatic carbocycles. The average molecular weight is 185 g/mol. The van der Waals surface area contributed by atoms with Crippen molar-refractivity contribution in [3.8, 4) is 5.75 Å². The molecule has 1 aromatic rings. The van der Waals surface area contributed by atoms with Crippen molar-refractivity contribution in [3.63, 3.8) is 0 Å². The van der Waals surface area contributed by atoms with E-state index in [-0.39, 0.29) is 6.15 Å². The van der Waals surface area contributed by atoms with Gasteiger partial charge in [0.1, 0.15) is 5.75 Å². The van der Waals surface area contributed by atoms with E-state index in [1.54, 1.807) is 6.07 Å². The quantitative estimate of drug-likeness (QED) is 0.643. The molecule has 0 saturated heterocycles. The van der Waals surface area contributed by atoms with Gasteiger partial charge in [-0.05, 0) is 18.6 Å². The number of benzene rings is 1. The van der Waals surface area contributed by atoms with Crippen molar-refractivity contribution in [2.24, 2.45) is 0 Å². The fraction of sp³-hybridized carbons (Fsp3) is 0.455. The van der Waals surface area contributed by atoms with E-state index in [2.05, 4.69) is 0 Å². The molecule has 4 N–H and O–H groups in total. The van der Waals surface area contributed by atoms with Crippen LogP contribution in [0.15, 0.2) is 24.3 Å². The molecule has 0 aliphatic rings. The fourth-order valence-electron chi connectivity index (χ4n) is 0.563. The SMILES string of the molecule is CC.CC.Cc1ccccc1O.N. The number of aromatic hydroxyl groups is 1. The minimum atomic E-state index is 0. The van der Waals surface area contributed by atoms with E-state index in [1.165, 1.54) is 0 Å². The lowest BCUT2D eigenvalue weighted by molar-refractivity contribution is 0.471. The Kier molecular flexibility index (Phi) is 18.7. The molecule has 1 aromatic carbocycles. The normalized spacial score (nSPS) is 6.54. The summed E-state index contributed by atoms with van der Waals surface area (Å²) in [6, 6.07) is 7.25. The highest BCUT2D eigenvalue weighted by Crippen LogP contribution is 2.12. The molecule has 78 valence electrons. The zero-order chi connectivity index (χ0) is 9.98. The molecule has 0 radical (unpaired) electrons. The first-order valence-corrected chi connectivity index (χ1v) is 4.55. The molecule has 0 unspecified atom stereocenters. The van der Waals surface area contributed by atoms with Crippen LogP contribution in [-0.2, 0) is 0 Å². The molecule has 0 fully saturated rings. The number of phenolic OH excluding ortho intramolecular Hbond substituents is 1. The van der Waals surface area contributed by atoms with Crippen LogP contribution >= 0.6 is 0 Å². The number of hydrogen-bond donors (Lipinski definition) is 2. The highest BCUT2D eigenvalue weighted by atomic mass is 16.3. The van der Waals surface area contributed by atoms with Crippen molar-refractivity contribution in [2.75, 3.05) is 0 Å². The van der Waals surface area contributed by atoms with Crippen LogP contribution < -0.4 is 6.15 Å². The first kappa shape index (κ1) is 17.9. The summed E-state index contributed by atoms with van der Waals surface area (Å²) >= 11 is 0. The fourth-order valence-corrected chi connectivity index (χ4v) is 0.563. The van der Waals surface area contributed by atoms with Crippen LogP contribution in [-0.4, -0.2) is 5.11 Å². The number of aryl methyl sites for hydroxylation is 1. The topological polar surface area (TPSA) is 55.2 Å². The minimum absolute atomic E-state index is 0. The monoisotopic (exact) mass is 185 g/mol. The molecule has 0 bridgehead atoms. The van der Waals surface area contributed by atoms with E-state index in [0.717, 1.165) is 5.56 Å². The van der Waals surface area contributed by atoms with E-state index in [1.807, 2.05) is 52.8 Å². The molecule has 0 spiro atoms. The number of hydrogen-bond acceptors (Lipinski definition) is 2. The molecular weight excluding hydrogens is 162 g/mol. The third-order valence-electron chi connectivity index (χ3n) is 1.12. The molecule has 0 amide bonds. The van der Waals surface area contributed by atoms with Gasteiger partial charge in [-0.3, -0.25) is 0 Å². The standard InChI is InChI=1S/C7H8O.2C2H6.H3N/c1-6-4-2-3-5-7(6)8;2*1-2;/h2-5,8H,1H3;2*1-2H3;1H3. The van der Waals surface area contributed by atoms with Gasteiger partial charge in [-0.1, -0.05) is 45.9 Å². The highest BCUT2D eigenvalue weighted by molar-refractivity contribution is 5.29. The Labute approximate surface area is 82.2 Å². The van der Waals surface area contributed by atoms with Gasteiger partial charge in [0.2, 0.25) is 0 Å². The largest absolute Gasteiger partial charge is 0.508 e. The van der Waals surface area contributed by atoms with Crippen molar-refractivity contribution in [3.05, 3.63) is 29.8 Å². The Hall–Kier alpha value is -1.02. The van der Waals surface area contributed by atoms with E-state index in [4.69, 9.17) is 5.11 Å². The van der Waals surface area contributed by atoms with Gasteiger partial charge in [-0.2, -0.15) is 0 Å². The van der Waals surface area contributed by atoms with Crippen LogP contribution in [0.3, 0.4) is 0 Å².